The van der Waals surface area contributed by atoms with E-state index >= 15 is 0 Å². The van der Waals surface area contributed by atoms with E-state index in [1.54, 1.807) is 0 Å². The highest BCUT2D eigenvalue weighted by molar-refractivity contribution is 9.08. The van der Waals surface area contributed by atoms with Crippen LogP contribution >= 0.6 is 31.9 Å². The molecule has 27 heavy (non-hydrogen) atoms. The van der Waals surface area contributed by atoms with Gasteiger partial charge in [-0.05, 0) is 52.6 Å². The molecule has 1 nitrogen and oxygen atoms in total. The molecule has 0 aliphatic carbocycles. The van der Waals surface area contributed by atoms with Crippen molar-refractivity contribution in [2.45, 2.75) is 57.1 Å². The number of hydrogen-bond acceptors (Lipinski definition) is 1. The Balaban J connectivity index is 1.88. The summed E-state index contributed by atoms with van der Waals surface area (Å²) in [5.41, 5.74) is 5.13. The molecule has 2 rings (SSSR count). The third-order valence-corrected chi connectivity index (χ3v) is 6.25. The second-order valence-corrected chi connectivity index (χ2v) is 8.97. The van der Waals surface area contributed by atoms with Crippen molar-refractivity contribution >= 4 is 31.9 Å². The van der Waals surface area contributed by atoms with E-state index in [9.17, 15) is 0 Å². The van der Waals surface area contributed by atoms with Gasteiger partial charge in [0.1, 0.15) is 5.75 Å². The van der Waals surface area contributed by atoms with E-state index in [0.717, 1.165) is 41.3 Å². The fourth-order valence-corrected chi connectivity index (χ4v) is 4.06. The van der Waals surface area contributed by atoms with Crippen molar-refractivity contribution in [1.29, 1.82) is 0 Å². The molecule has 0 fully saturated rings. The van der Waals surface area contributed by atoms with Crippen LogP contribution in [0.4, 0.5) is 0 Å². The topological polar surface area (TPSA) is 9.23 Å². The molecular weight excluding hydrogens is 464 g/mol. The monoisotopic (exact) mass is 494 g/mol. The first-order valence-electron chi connectivity index (χ1n) is 10.0. The van der Waals surface area contributed by atoms with Crippen LogP contribution in [-0.4, -0.2) is 6.61 Å². The number of alkyl halides is 2. The SMILES string of the molecule is CC(C)CCCC(C)CCOc1ccc(-c2cc(CBr)ccc2CBr)cc1. The third-order valence-electron chi connectivity index (χ3n) is 5.00. The highest BCUT2D eigenvalue weighted by Crippen LogP contribution is 2.29. The molecule has 0 spiro atoms. The Morgan fingerprint density at radius 3 is 2.22 bits per heavy atom. The van der Waals surface area contributed by atoms with Crippen LogP contribution in [-0.2, 0) is 10.7 Å². The van der Waals surface area contributed by atoms with E-state index in [2.05, 4.69) is 95.1 Å². The Morgan fingerprint density at radius 1 is 0.852 bits per heavy atom. The second kappa shape index (κ2) is 11.9. The highest BCUT2D eigenvalue weighted by atomic mass is 79.9. The minimum absolute atomic E-state index is 0.733. The Bertz CT molecular complexity index is 679. The van der Waals surface area contributed by atoms with Crippen LogP contribution in [0.15, 0.2) is 42.5 Å². The normalized spacial score (nSPS) is 12.4. The summed E-state index contributed by atoms with van der Waals surface area (Å²) >= 11 is 7.16. The van der Waals surface area contributed by atoms with E-state index in [1.807, 2.05) is 0 Å². The predicted octanol–water partition coefficient (Wildman–Crippen LogP) is 8.37. The lowest BCUT2D eigenvalue weighted by atomic mass is 9.97. The summed E-state index contributed by atoms with van der Waals surface area (Å²) < 4.78 is 5.98. The molecule has 0 radical (unpaired) electrons. The molecule has 2 aromatic carbocycles. The Morgan fingerprint density at radius 2 is 1.59 bits per heavy atom. The maximum absolute atomic E-state index is 5.98. The molecule has 1 unspecified atom stereocenters. The van der Waals surface area contributed by atoms with Crippen LogP contribution in [0.1, 0.15) is 57.6 Å². The second-order valence-electron chi connectivity index (χ2n) is 7.85. The van der Waals surface area contributed by atoms with E-state index in [4.69, 9.17) is 4.74 Å². The van der Waals surface area contributed by atoms with Crippen molar-refractivity contribution in [3.63, 3.8) is 0 Å². The molecule has 0 saturated carbocycles. The molecule has 2 aromatic rings. The number of hydrogen-bond donors (Lipinski definition) is 0. The van der Waals surface area contributed by atoms with Crippen LogP contribution in [0.5, 0.6) is 5.75 Å². The first-order valence-corrected chi connectivity index (χ1v) is 12.2. The molecular formula is C24H32Br2O. The standard InChI is InChI=1S/C24H32Br2O/c1-18(2)5-4-6-19(3)13-14-27-23-11-9-21(10-12-23)24-15-20(16-25)7-8-22(24)17-26/h7-12,15,18-19H,4-6,13-14,16-17H2,1-3H3. The first-order chi connectivity index (χ1) is 13.0. The van der Waals surface area contributed by atoms with Gasteiger partial charge in [0.05, 0.1) is 6.61 Å². The first kappa shape index (κ1) is 22.5. The molecule has 0 aliphatic rings. The van der Waals surface area contributed by atoms with Crippen molar-refractivity contribution in [2.24, 2.45) is 11.8 Å². The minimum Gasteiger partial charge on any atom is -0.494 e. The third kappa shape index (κ3) is 7.62. The van der Waals surface area contributed by atoms with Gasteiger partial charge in [0.25, 0.3) is 0 Å². The fourth-order valence-electron chi connectivity index (χ4n) is 3.22. The molecule has 0 aromatic heterocycles. The molecule has 148 valence electrons. The zero-order valence-corrected chi connectivity index (χ0v) is 20.0. The molecule has 0 bridgehead atoms. The van der Waals surface area contributed by atoms with Crippen molar-refractivity contribution < 1.29 is 4.74 Å². The number of ether oxygens (including phenoxy) is 1. The quantitative estimate of drug-likeness (QED) is 0.284. The van der Waals surface area contributed by atoms with E-state index in [0.29, 0.717) is 0 Å². The highest BCUT2D eigenvalue weighted by Gasteiger charge is 2.07. The molecule has 3 heteroatoms. The molecule has 0 N–H and O–H groups in total. The Kier molecular flexibility index (Phi) is 9.92. The average molecular weight is 496 g/mol. The van der Waals surface area contributed by atoms with Crippen molar-refractivity contribution in [3.05, 3.63) is 53.6 Å². The Hall–Kier alpha value is -0.800. The van der Waals surface area contributed by atoms with E-state index in [-0.39, 0.29) is 0 Å². The van der Waals surface area contributed by atoms with Crippen LogP contribution < -0.4 is 4.74 Å². The van der Waals surface area contributed by atoms with E-state index in [1.165, 1.54) is 41.5 Å². The summed E-state index contributed by atoms with van der Waals surface area (Å²) in [6.45, 7) is 7.74. The van der Waals surface area contributed by atoms with Gasteiger partial charge in [-0.15, -0.1) is 0 Å². The molecule has 1 atom stereocenters. The van der Waals surface area contributed by atoms with E-state index < -0.39 is 0 Å². The number of benzene rings is 2. The lowest BCUT2D eigenvalue weighted by Crippen LogP contribution is -2.04. The average Bonchev–Trinajstić information content (AvgIpc) is 2.67. The molecule has 0 amide bonds. The lowest BCUT2D eigenvalue weighted by Gasteiger charge is -2.14. The van der Waals surface area contributed by atoms with Crippen molar-refractivity contribution in [1.82, 2.24) is 0 Å². The van der Waals surface area contributed by atoms with Gasteiger partial charge in [0.2, 0.25) is 0 Å². The van der Waals surface area contributed by atoms with Gasteiger partial charge >= 0.3 is 0 Å². The van der Waals surface area contributed by atoms with Gasteiger partial charge in [-0.3, -0.25) is 0 Å². The summed E-state index contributed by atoms with van der Waals surface area (Å²) in [6, 6.07) is 15.2. The molecule has 0 heterocycles. The smallest absolute Gasteiger partial charge is 0.119 e. The van der Waals surface area contributed by atoms with Crippen LogP contribution in [0, 0.1) is 11.8 Å². The zero-order chi connectivity index (χ0) is 19.6. The fraction of sp³-hybridized carbons (Fsp3) is 0.500. The van der Waals surface area contributed by atoms with Crippen LogP contribution in [0.2, 0.25) is 0 Å². The van der Waals surface area contributed by atoms with Gasteiger partial charge in [0, 0.05) is 10.7 Å². The maximum Gasteiger partial charge on any atom is 0.119 e. The van der Waals surface area contributed by atoms with Crippen LogP contribution in [0.25, 0.3) is 11.1 Å². The molecule has 0 saturated heterocycles. The summed E-state index contributed by atoms with van der Waals surface area (Å²) in [5, 5.41) is 1.73. The predicted molar refractivity (Wildman–Crippen MR) is 125 cm³/mol. The van der Waals surface area contributed by atoms with Gasteiger partial charge < -0.3 is 4.74 Å². The summed E-state index contributed by atoms with van der Waals surface area (Å²) in [5.74, 6) is 2.51. The summed E-state index contributed by atoms with van der Waals surface area (Å²) in [4.78, 5) is 0. The molecule has 0 aliphatic heterocycles. The maximum atomic E-state index is 5.98. The summed E-state index contributed by atoms with van der Waals surface area (Å²) in [7, 11) is 0. The van der Waals surface area contributed by atoms with Gasteiger partial charge in [-0.25, -0.2) is 0 Å². The largest absolute Gasteiger partial charge is 0.494 e. The minimum atomic E-state index is 0.733. The van der Waals surface area contributed by atoms with Crippen molar-refractivity contribution in [3.8, 4) is 16.9 Å². The zero-order valence-electron chi connectivity index (χ0n) is 16.8. The number of rotatable bonds is 11. The van der Waals surface area contributed by atoms with Crippen LogP contribution in [0.3, 0.4) is 0 Å². The van der Waals surface area contributed by atoms with Gasteiger partial charge in [-0.2, -0.15) is 0 Å². The lowest BCUT2D eigenvalue weighted by molar-refractivity contribution is 0.276. The number of halogens is 2. The Labute approximate surface area is 182 Å². The van der Waals surface area contributed by atoms with Gasteiger partial charge in [-0.1, -0.05) is 102 Å². The summed E-state index contributed by atoms with van der Waals surface area (Å²) in [6.07, 6.45) is 5.09. The van der Waals surface area contributed by atoms with Gasteiger partial charge in [0.15, 0.2) is 0 Å². The van der Waals surface area contributed by atoms with Crippen molar-refractivity contribution in [2.75, 3.05) is 6.61 Å².